The number of aliphatic hydroxyl groups is 1. The highest BCUT2D eigenvalue weighted by Gasteiger charge is 2.39. The summed E-state index contributed by atoms with van der Waals surface area (Å²) in [6, 6.07) is 23.1. The van der Waals surface area contributed by atoms with E-state index >= 15 is 0 Å². The standard InChI is InChI=1S/C31H42N2O/c1-8-31(34,21-25-15-10-9-11-16-25)22-33(30(6,7)28-19-12-13-20-32-28)29-26(23(2)3)17-14-18-27(29)24(4)5/h9-20,23-24,34H,8,21-22H2,1-7H3. The lowest BCUT2D eigenvalue weighted by Gasteiger charge is -2.47. The first-order valence-electron chi connectivity index (χ1n) is 12.7. The lowest BCUT2D eigenvalue weighted by atomic mass is 9.84. The van der Waals surface area contributed by atoms with Crippen molar-refractivity contribution in [2.24, 2.45) is 0 Å². The summed E-state index contributed by atoms with van der Waals surface area (Å²) in [4.78, 5) is 7.20. The molecule has 3 heteroatoms. The molecule has 0 radical (unpaired) electrons. The Kier molecular flexibility index (Phi) is 8.20. The maximum Gasteiger partial charge on any atom is 0.0859 e. The molecule has 0 saturated heterocycles. The van der Waals surface area contributed by atoms with Crippen LogP contribution in [0.5, 0.6) is 0 Å². The molecule has 0 fully saturated rings. The Balaban J connectivity index is 2.20. The molecule has 3 nitrogen and oxygen atoms in total. The third kappa shape index (κ3) is 5.70. The monoisotopic (exact) mass is 458 g/mol. The maximum atomic E-state index is 12.0. The van der Waals surface area contributed by atoms with Crippen molar-refractivity contribution >= 4 is 5.69 Å². The minimum absolute atomic E-state index is 0.361. The van der Waals surface area contributed by atoms with Gasteiger partial charge in [0.25, 0.3) is 0 Å². The third-order valence-electron chi connectivity index (χ3n) is 7.07. The molecule has 182 valence electrons. The fourth-order valence-electron chi connectivity index (χ4n) is 4.81. The van der Waals surface area contributed by atoms with Crippen molar-refractivity contribution in [2.45, 2.75) is 84.3 Å². The first kappa shape index (κ1) is 26.0. The zero-order valence-corrected chi connectivity index (χ0v) is 22.0. The van der Waals surface area contributed by atoms with Crippen LogP contribution < -0.4 is 4.90 Å². The van der Waals surface area contributed by atoms with Gasteiger partial charge >= 0.3 is 0 Å². The van der Waals surface area contributed by atoms with Crippen LogP contribution in [-0.2, 0) is 12.0 Å². The number of nitrogens with zero attached hydrogens (tertiary/aromatic N) is 2. The van der Waals surface area contributed by atoms with Gasteiger partial charge in [-0.2, -0.15) is 0 Å². The lowest BCUT2D eigenvalue weighted by molar-refractivity contribution is 0.0388. The highest BCUT2D eigenvalue weighted by molar-refractivity contribution is 5.64. The van der Waals surface area contributed by atoms with Gasteiger partial charge in [-0.15, -0.1) is 0 Å². The van der Waals surface area contributed by atoms with Crippen LogP contribution in [0.25, 0.3) is 0 Å². The van der Waals surface area contributed by atoms with Crippen molar-refractivity contribution in [3.63, 3.8) is 0 Å². The Bertz CT molecular complexity index is 1020. The van der Waals surface area contributed by atoms with Crippen molar-refractivity contribution in [3.05, 3.63) is 95.3 Å². The van der Waals surface area contributed by atoms with Crippen LogP contribution in [-0.4, -0.2) is 22.2 Å². The second-order valence-corrected chi connectivity index (χ2v) is 10.7. The molecule has 1 N–H and O–H groups in total. The van der Waals surface area contributed by atoms with Crippen LogP contribution in [0.3, 0.4) is 0 Å². The fraction of sp³-hybridized carbons (Fsp3) is 0.452. The van der Waals surface area contributed by atoms with E-state index in [9.17, 15) is 5.11 Å². The third-order valence-corrected chi connectivity index (χ3v) is 7.07. The SMILES string of the molecule is CCC(O)(Cc1ccccc1)CN(c1c(C(C)C)cccc1C(C)C)C(C)(C)c1ccccn1. The molecule has 1 aromatic heterocycles. The zero-order chi connectivity index (χ0) is 24.9. The zero-order valence-electron chi connectivity index (χ0n) is 22.0. The molecular formula is C31H42N2O. The normalized spacial score (nSPS) is 13.8. The number of hydrogen-bond donors (Lipinski definition) is 1. The number of para-hydroxylation sites is 1. The molecule has 0 aliphatic heterocycles. The molecule has 1 heterocycles. The average molecular weight is 459 g/mol. The summed E-state index contributed by atoms with van der Waals surface area (Å²) in [6.07, 6.45) is 3.14. The van der Waals surface area contributed by atoms with Gasteiger partial charge in [0.15, 0.2) is 0 Å². The molecule has 0 amide bonds. The van der Waals surface area contributed by atoms with Gasteiger partial charge in [-0.05, 0) is 60.9 Å². The summed E-state index contributed by atoms with van der Waals surface area (Å²) < 4.78 is 0. The van der Waals surface area contributed by atoms with Crippen molar-refractivity contribution < 1.29 is 5.11 Å². The second-order valence-electron chi connectivity index (χ2n) is 10.7. The molecule has 3 rings (SSSR count). The quantitative estimate of drug-likeness (QED) is 0.343. The highest BCUT2D eigenvalue weighted by Crippen LogP contribution is 2.42. The van der Waals surface area contributed by atoms with Crippen LogP contribution in [0.15, 0.2) is 72.9 Å². The summed E-state index contributed by atoms with van der Waals surface area (Å²) in [6.45, 7) is 16.1. The highest BCUT2D eigenvalue weighted by atomic mass is 16.3. The van der Waals surface area contributed by atoms with Crippen molar-refractivity contribution in [1.82, 2.24) is 4.98 Å². The van der Waals surface area contributed by atoms with Gasteiger partial charge in [-0.3, -0.25) is 4.98 Å². The molecule has 0 aliphatic rings. The van der Waals surface area contributed by atoms with E-state index < -0.39 is 11.1 Å². The van der Waals surface area contributed by atoms with Crippen molar-refractivity contribution in [3.8, 4) is 0 Å². The first-order valence-corrected chi connectivity index (χ1v) is 12.7. The van der Waals surface area contributed by atoms with E-state index in [1.165, 1.54) is 16.8 Å². The Morgan fingerprint density at radius 2 is 1.41 bits per heavy atom. The van der Waals surface area contributed by atoms with Crippen LogP contribution in [0.1, 0.15) is 89.1 Å². The van der Waals surface area contributed by atoms with E-state index in [4.69, 9.17) is 4.98 Å². The predicted molar refractivity (Wildman–Crippen MR) is 145 cm³/mol. The first-order chi connectivity index (χ1) is 16.1. The van der Waals surface area contributed by atoms with Crippen molar-refractivity contribution in [1.29, 1.82) is 0 Å². The van der Waals surface area contributed by atoms with Gasteiger partial charge in [-0.1, -0.05) is 89.2 Å². The van der Waals surface area contributed by atoms with Crippen LogP contribution in [0, 0.1) is 0 Å². The summed E-state index contributed by atoms with van der Waals surface area (Å²) in [5.41, 5.74) is 4.72. The molecule has 0 aliphatic carbocycles. The van der Waals surface area contributed by atoms with E-state index in [1.807, 2.05) is 30.5 Å². The van der Waals surface area contributed by atoms with Gasteiger partial charge in [0, 0.05) is 24.8 Å². The number of benzene rings is 2. The smallest absolute Gasteiger partial charge is 0.0859 e. The van der Waals surface area contributed by atoms with E-state index in [1.54, 1.807) is 0 Å². The van der Waals surface area contributed by atoms with Gasteiger partial charge in [0.05, 0.1) is 16.8 Å². The van der Waals surface area contributed by atoms with Gasteiger partial charge < -0.3 is 10.0 Å². The van der Waals surface area contributed by atoms with E-state index in [0.717, 1.165) is 11.3 Å². The minimum Gasteiger partial charge on any atom is -0.388 e. The number of rotatable bonds is 10. The topological polar surface area (TPSA) is 36.4 Å². The van der Waals surface area contributed by atoms with Crippen LogP contribution in [0.4, 0.5) is 5.69 Å². The minimum atomic E-state index is -0.883. The van der Waals surface area contributed by atoms with Gasteiger partial charge in [0.2, 0.25) is 0 Å². The molecule has 0 bridgehead atoms. The maximum absolute atomic E-state index is 12.0. The van der Waals surface area contributed by atoms with Gasteiger partial charge in [0.1, 0.15) is 0 Å². The number of hydrogen-bond acceptors (Lipinski definition) is 3. The van der Waals surface area contributed by atoms with E-state index in [-0.39, 0.29) is 0 Å². The lowest BCUT2D eigenvalue weighted by Crippen LogP contribution is -2.52. The Morgan fingerprint density at radius 3 is 1.91 bits per heavy atom. The molecule has 0 saturated carbocycles. The summed E-state index contributed by atoms with van der Waals surface area (Å²) in [5.74, 6) is 0.721. The number of anilines is 1. The van der Waals surface area contributed by atoms with E-state index in [0.29, 0.717) is 31.2 Å². The Labute approximate surface area is 206 Å². The Hall–Kier alpha value is -2.65. The molecule has 1 atom stereocenters. The largest absolute Gasteiger partial charge is 0.388 e. The molecule has 34 heavy (non-hydrogen) atoms. The molecule has 1 unspecified atom stereocenters. The van der Waals surface area contributed by atoms with Gasteiger partial charge in [-0.25, -0.2) is 0 Å². The van der Waals surface area contributed by atoms with E-state index in [2.05, 4.69) is 95.8 Å². The molecule has 0 spiro atoms. The van der Waals surface area contributed by atoms with Crippen molar-refractivity contribution in [2.75, 3.05) is 11.4 Å². The second kappa shape index (κ2) is 10.7. The summed E-state index contributed by atoms with van der Waals surface area (Å²) in [7, 11) is 0. The summed E-state index contributed by atoms with van der Waals surface area (Å²) >= 11 is 0. The Morgan fingerprint density at radius 1 is 0.824 bits per heavy atom. The summed E-state index contributed by atoms with van der Waals surface area (Å²) in [5, 5.41) is 12.0. The van der Waals surface area contributed by atoms with Crippen LogP contribution >= 0.6 is 0 Å². The fourth-order valence-corrected chi connectivity index (χ4v) is 4.81. The molecule has 2 aromatic carbocycles. The molecule has 3 aromatic rings. The number of aromatic nitrogens is 1. The van der Waals surface area contributed by atoms with Crippen LogP contribution in [0.2, 0.25) is 0 Å². The molecular weight excluding hydrogens is 416 g/mol. The average Bonchev–Trinajstić information content (AvgIpc) is 2.83. The number of pyridine rings is 1. The predicted octanol–water partition coefficient (Wildman–Crippen LogP) is 7.45.